The molecule has 3 rings (SSSR count). The molecule has 0 bridgehead atoms. The number of nitrogens with one attached hydrogen (secondary N) is 1. The summed E-state index contributed by atoms with van der Waals surface area (Å²) in [6, 6.07) is 23.0. The summed E-state index contributed by atoms with van der Waals surface area (Å²) in [5.74, 6) is -0.371. The number of carbonyl (C=O) groups is 1. The third-order valence-electron chi connectivity index (χ3n) is 4.70. The fourth-order valence-electron chi connectivity index (χ4n) is 3.08. The van der Waals surface area contributed by atoms with Crippen LogP contribution in [0.4, 0.5) is 0 Å². The molecule has 0 aliphatic carbocycles. The number of rotatable bonds is 8. The summed E-state index contributed by atoms with van der Waals surface area (Å²) in [6.07, 6.45) is 0. The minimum Gasteiger partial charge on any atom is -0.348 e. The molecule has 0 aromatic heterocycles. The fraction of sp³-hybridized carbons (Fsp3) is 0.174. The van der Waals surface area contributed by atoms with E-state index in [4.69, 9.17) is 0 Å². The molecule has 0 radical (unpaired) electrons. The molecule has 0 saturated carbocycles. The number of carbonyl (C=O) groups excluding carboxylic acids is 1. The Balaban J connectivity index is 1.82. The fourth-order valence-corrected chi connectivity index (χ4v) is 5.14. The number of halogens is 2. The molecule has 3 aromatic rings. The highest BCUT2D eigenvalue weighted by Gasteiger charge is 2.27. The molecule has 8 heteroatoms. The van der Waals surface area contributed by atoms with Crippen molar-refractivity contribution in [1.29, 1.82) is 0 Å². The monoisotopic (exact) mass is 564 g/mol. The van der Waals surface area contributed by atoms with Gasteiger partial charge in [0.25, 0.3) is 0 Å². The SMILES string of the molecule is CC(NC(=O)CN(Cc1ccccc1)S(=O)(=O)c1ccc(Br)cc1)c1cccc(Br)c1. The first-order valence-corrected chi connectivity index (χ1v) is 12.6. The predicted molar refractivity (Wildman–Crippen MR) is 129 cm³/mol. The van der Waals surface area contributed by atoms with E-state index in [1.807, 2.05) is 61.5 Å². The van der Waals surface area contributed by atoms with E-state index in [1.54, 1.807) is 12.1 Å². The second-order valence-electron chi connectivity index (χ2n) is 7.06. The van der Waals surface area contributed by atoms with Crippen molar-refractivity contribution in [2.24, 2.45) is 0 Å². The Labute approximate surface area is 199 Å². The van der Waals surface area contributed by atoms with Gasteiger partial charge in [-0.05, 0) is 54.4 Å². The predicted octanol–water partition coefficient (Wildman–Crippen LogP) is 5.28. The molecule has 0 fully saturated rings. The number of amides is 1. The second-order valence-corrected chi connectivity index (χ2v) is 10.8. The molecule has 0 spiro atoms. The summed E-state index contributed by atoms with van der Waals surface area (Å²) in [5.41, 5.74) is 1.73. The summed E-state index contributed by atoms with van der Waals surface area (Å²) in [7, 11) is -3.87. The number of nitrogens with zero attached hydrogens (tertiary/aromatic N) is 1. The van der Waals surface area contributed by atoms with Crippen LogP contribution in [0.3, 0.4) is 0 Å². The van der Waals surface area contributed by atoms with Gasteiger partial charge in [0.1, 0.15) is 0 Å². The lowest BCUT2D eigenvalue weighted by atomic mass is 10.1. The Morgan fingerprint density at radius 1 is 0.935 bits per heavy atom. The standard InChI is InChI=1S/C23H22Br2N2O3S/c1-17(19-8-5-9-21(25)14-19)26-23(28)16-27(15-18-6-3-2-4-7-18)31(29,30)22-12-10-20(24)11-13-22/h2-14,17H,15-16H2,1H3,(H,26,28). The summed E-state index contributed by atoms with van der Waals surface area (Å²) in [4.78, 5) is 12.9. The highest BCUT2D eigenvalue weighted by Crippen LogP contribution is 2.22. The van der Waals surface area contributed by atoms with E-state index in [0.717, 1.165) is 20.1 Å². The van der Waals surface area contributed by atoms with Gasteiger partial charge in [-0.1, -0.05) is 74.3 Å². The summed E-state index contributed by atoms with van der Waals surface area (Å²) < 4.78 is 29.5. The van der Waals surface area contributed by atoms with Crippen molar-refractivity contribution < 1.29 is 13.2 Å². The van der Waals surface area contributed by atoms with Gasteiger partial charge in [-0.15, -0.1) is 0 Å². The number of hydrogen-bond donors (Lipinski definition) is 1. The Kier molecular flexibility index (Phi) is 8.05. The van der Waals surface area contributed by atoms with E-state index in [1.165, 1.54) is 16.4 Å². The summed E-state index contributed by atoms with van der Waals surface area (Å²) in [5, 5.41) is 2.90. The van der Waals surface area contributed by atoms with Gasteiger partial charge in [-0.3, -0.25) is 4.79 Å². The van der Waals surface area contributed by atoms with E-state index < -0.39 is 10.0 Å². The van der Waals surface area contributed by atoms with Gasteiger partial charge >= 0.3 is 0 Å². The van der Waals surface area contributed by atoms with Gasteiger partial charge in [-0.25, -0.2) is 8.42 Å². The molecule has 1 N–H and O–H groups in total. The maximum atomic E-state index is 13.3. The van der Waals surface area contributed by atoms with Crippen molar-refractivity contribution in [2.45, 2.75) is 24.4 Å². The van der Waals surface area contributed by atoms with Crippen molar-refractivity contribution in [1.82, 2.24) is 9.62 Å². The van der Waals surface area contributed by atoms with E-state index in [-0.39, 0.29) is 29.9 Å². The third kappa shape index (κ3) is 6.49. The lowest BCUT2D eigenvalue weighted by Gasteiger charge is -2.23. The first-order valence-electron chi connectivity index (χ1n) is 9.60. The molecule has 0 aliphatic heterocycles. The minimum atomic E-state index is -3.87. The van der Waals surface area contributed by atoms with Gasteiger partial charge in [0, 0.05) is 15.5 Å². The largest absolute Gasteiger partial charge is 0.348 e. The van der Waals surface area contributed by atoms with Crippen molar-refractivity contribution in [3.05, 3.63) is 98.9 Å². The number of benzene rings is 3. The summed E-state index contributed by atoms with van der Waals surface area (Å²) >= 11 is 6.75. The highest BCUT2D eigenvalue weighted by molar-refractivity contribution is 9.10. The van der Waals surface area contributed by atoms with E-state index in [2.05, 4.69) is 37.2 Å². The molecular formula is C23H22Br2N2O3S. The van der Waals surface area contributed by atoms with Gasteiger partial charge in [0.2, 0.25) is 15.9 Å². The minimum absolute atomic E-state index is 0.0952. The molecular weight excluding hydrogens is 544 g/mol. The molecule has 3 aromatic carbocycles. The Hall–Kier alpha value is -2.00. The van der Waals surface area contributed by atoms with Gasteiger partial charge in [-0.2, -0.15) is 4.31 Å². The molecule has 162 valence electrons. The molecule has 0 heterocycles. The van der Waals surface area contributed by atoms with Crippen LogP contribution in [0.2, 0.25) is 0 Å². The van der Waals surface area contributed by atoms with Crippen LogP contribution in [-0.4, -0.2) is 25.2 Å². The molecule has 0 saturated heterocycles. The van der Waals surface area contributed by atoms with E-state index in [0.29, 0.717) is 0 Å². The van der Waals surface area contributed by atoms with Crippen LogP contribution in [-0.2, 0) is 21.4 Å². The van der Waals surface area contributed by atoms with Crippen LogP contribution in [0.25, 0.3) is 0 Å². The van der Waals surface area contributed by atoms with Crippen LogP contribution in [0.15, 0.2) is 92.7 Å². The van der Waals surface area contributed by atoms with Crippen LogP contribution >= 0.6 is 31.9 Å². The average molecular weight is 566 g/mol. The lowest BCUT2D eigenvalue weighted by molar-refractivity contribution is -0.122. The van der Waals surface area contributed by atoms with Gasteiger partial charge < -0.3 is 5.32 Å². The zero-order valence-electron chi connectivity index (χ0n) is 16.8. The second kappa shape index (κ2) is 10.5. The van der Waals surface area contributed by atoms with E-state index >= 15 is 0 Å². The van der Waals surface area contributed by atoms with Crippen LogP contribution in [0.5, 0.6) is 0 Å². The molecule has 5 nitrogen and oxygen atoms in total. The van der Waals surface area contributed by atoms with Crippen molar-refractivity contribution >= 4 is 47.8 Å². The van der Waals surface area contributed by atoms with Crippen LogP contribution in [0, 0.1) is 0 Å². The number of hydrogen-bond acceptors (Lipinski definition) is 3. The average Bonchev–Trinajstić information content (AvgIpc) is 2.74. The Morgan fingerprint density at radius 2 is 1.61 bits per heavy atom. The van der Waals surface area contributed by atoms with Crippen molar-refractivity contribution in [3.8, 4) is 0 Å². The Morgan fingerprint density at radius 3 is 2.26 bits per heavy atom. The van der Waals surface area contributed by atoms with E-state index in [9.17, 15) is 13.2 Å². The van der Waals surface area contributed by atoms with Gasteiger partial charge in [0.05, 0.1) is 17.5 Å². The first-order chi connectivity index (χ1) is 14.8. The molecule has 1 atom stereocenters. The molecule has 1 amide bonds. The lowest BCUT2D eigenvalue weighted by Crippen LogP contribution is -2.41. The zero-order valence-corrected chi connectivity index (χ0v) is 20.8. The zero-order chi connectivity index (χ0) is 22.4. The third-order valence-corrected chi connectivity index (χ3v) is 7.53. The first kappa shape index (κ1) is 23.7. The van der Waals surface area contributed by atoms with Crippen molar-refractivity contribution in [3.63, 3.8) is 0 Å². The quantitative estimate of drug-likeness (QED) is 0.404. The Bertz CT molecular complexity index is 1140. The maximum absolute atomic E-state index is 13.3. The molecule has 0 aliphatic rings. The maximum Gasteiger partial charge on any atom is 0.243 e. The van der Waals surface area contributed by atoms with Crippen molar-refractivity contribution in [2.75, 3.05) is 6.54 Å². The molecule has 1 unspecified atom stereocenters. The smallest absolute Gasteiger partial charge is 0.243 e. The molecule has 31 heavy (non-hydrogen) atoms. The highest BCUT2D eigenvalue weighted by atomic mass is 79.9. The summed E-state index contributed by atoms with van der Waals surface area (Å²) in [6.45, 7) is 1.67. The van der Waals surface area contributed by atoms with Crippen LogP contribution < -0.4 is 5.32 Å². The topological polar surface area (TPSA) is 66.5 Å². The normalized spacial score (nSPS) is 12.5. The number of sulfonamides is 1. The van der Waals surface area contributed by atoms with Crippen LogP contribution in [0.1, 0.15) is 24.1 Å². The van der Waals surface area contributed by atoms with Gasteiger partial charge in [0.15, 0.2) is 0 Å².